The molecule has 0 fully saturated rings. The molecule has 0 aliphatic carbocycles. The Kier molecular flexibility index (Phi) is 4.35. The number of halogens is 2. The van der Waals surface area contributed by atoms with Crippen LogP contribution in [0.25, 0.3) is 0 Å². The molecule has 1 N–H and O–H groups in total. The van der Waals surface area contributed by atoms with Crippen molar-refractivity contribution in [2.24, 2.45) is 0 Å². The minimum Gasteiger partial charge on any atom is -0.466 e. The van der Waals surface area contributed by atoms with Crippen LogP contribution in [0.1, 0.15) is 24.8 Å². The molecule has 0 aromatic heterocycles. The van der Waals surface area contributed by atoms with Gasteiger partial charge in [-0.2, -0.15) is 0 Å². The topological polar surface area (TPSA) is 55.4 Å². The van der Waals surface area contributed by atoms with E-state index in [9.17, 15) is 9.59 Å². The van der Waals surface area contributed by atoms with Crippen molar-refractivity contribution in [2.75, 3.05) is 7.11 Å². The van der Waals surface area contributed by atoms with Crippen LogP contribution < -0.4 is 5.32 Å². The van der Waals surface area contributed by atoms with E-state index in [2.05, 4.69) is 5.32 Å². The summed E-state index contributed by atoms with van der Waals surface area (Å²) in [5, 5.41) is 3.57. The minimum absolute atomic E-state index is 0.142. The predicted octanol–water partition coefficient (Wildman–Crippen LogP) is 3.04. The first-order valence-corrected chi connectivity index (χ1v) is 6.73. The maximum Gasteiger partial charge on any atom is 0.336 e. The highest BCUT2D eigenvalue weighted by molar-refractivity contribution is 6.35. The zero-order valence-electron chi connectivity index (χ0n) is 11.0. The smallest absolute Gasteiger partial charge is 0.336 e. The molecule has 0 spiro atoms. The highest BCUT2D eigenvalue weighted by Gasteiger charge is 2.33. The second kappa shape index (κ2) is 5.85. The average Bonchev–Trinajstić information content (AvgIpc) is 2.37. The van der Waals surface area contributed by atoms with Crippen LogP contribution in [0.5, 0.6) is 0 Å². The van der Waals surface area contributed by atoms with Crippen LogP contribution in [0.3, 0.4) is 0 Å². The summed E-state index contributed by atoms with van der Waals surface area (Å²) in [5.74, 6) is -1.06. The molecule has 1 aliphatic heterocycles. The number of amides is 1. The second-order valence-electron chi connectivity index (χ2n) is 4.50. The lowest BCUT2D eigenvalue weighted by Crippen LogP contribution is -2.34. The number of nitrogens with one attached hydrogen (secondary N) is 1. The number of hydrogen-bond donors (Lipinski definition) is 1. The fourth-order valence-electron chi connectivity index (χ4n) is 2.33. The van der Waals surface area contributed by atoms with E-state index in [0.29, 0.717) is 26.9 Å². The maximum atomic E-state index is 11.9. The third kappa shape index (κ3) is 2.81. The Morgan fingerprint density at radius 1 is 1.40 bits per heavy atom. The molecular weight excluding hydrogens is 301 g/mol. The summed E-state index contributed by atoms with van der Waals surface area (Å²) in [5.41, 5.74) is 1.59. The number of methoxy groups -OCH3 is 1. The third-order valence-electron chi connectivity index (χ3n) is 3.21. The molecule has 0 radical (unpaired) electrons. The summed E-state index contributed by atoms with van der Waals surface area (Å²) in [6.45, 7) is 1.67. The highest BCUT2D eigenvalue weighted by atomic mass is 35.5. The number of benzene rings is 1. The van der Waals surface area contributed by atoms with Crippen molar-refractivity contribution in [3.8, 4) is 0 Å². The van der Waals surface area contributed by atoms with Gasteiger partial charge in [0.1, 0.15) is 0 Å². The number of rotatable bonds is 2. The summed E-state index contributed by atoms with van der Waals surface area (Å²) < 4.78 is 4.79. The Bertz CT molecular complexity index is 610. The van der Waals surface area contributed by atoms with Crippen LogP contribution in [0, 0.1) is 0 Å². The SMILES string of the molecule is COC(=O)C1=C(C)NC(=O)CC1c1ccc(Cl)cc1Cl. The summed E-state index contributed by atoms with van der Waals surface area (Å²) in [4.78, 5) is 23.7. The lowest BCUT2D eigenvalue weighted by Gasteiger charge is -2.26. The Hall–Kier alpha value is -1.52. The van der Waals surface area contributed by atoms with Crippen molar-refractivity contribution in [3.05, 3.63) is 45.1 Å². The molecule has 1 aromatic carbocycles. The molecule has 6 heteroatoms. The maximum absolute atomic E-state index is 11.9. The predicted molar refractivity (Wildman–Crippen MR) is 76.7 cm³/mol. The van der Waals surface area contributed by atoms with Gasteiger partial charge in [0.25, 0.3) is 0 Å². The number of carbonyl (C=O) groups excluding carboxylic acids is 2. The monoisotopic (exact) mass is 313 g/mol. The van der Waals surface area contributed by atoms with Crippen molar-refractivity contribution < 1.29 is 14.3 Å². The van der Waals surface area contributed by atoms with Crippen LogP contribution in [-0.4, -0.2) is 19.0 Å². The number of hydrogen-bond acceptors (Lipinski definition) is 3. The van der Waals surface area contributed by atoms with Crippen LogP contribution >= 0.6 is 23.2 Å². The first kappa shape index (κ1) is 14.9. The molecule has 2 rings (SSSR count). The summed E-state index contributed by atoms with van der Waals surface area (Å²) in [7, 11) is 1.31. The number of ether oxygens (including phenoxy) is 1. The molecule has 106 valence electrons. The first-order chi connectivity index (χ1) is 9.43. The molecule has 1 heterocycles. The Labute approximate surface area is 126 Å². The standard InChI is InChI=1S/C14H13Cl2NO3/c1-7-13(14(19)20-2)10(6-12(18)17-7)9-4-3-8(15)5-11(9)16/h3-5,10H,6H2,1-2H3,(H,17,18). The molecule has 20 heavy (non-hydrogen) atoms. The van der Waals surface area contributed by atoms with E-state index < -0.39 is 11.9 Å². The number of carbonyl (C=O) groups is 2. The average molecular weight is 314 g/mol. The molecular formula is C14H13Cl2NO3. The van der Waals surface area contributed by atoms with Crippen LogP contribution in [0.2, 0.25) is 10.0 Å². The molecule has 1 amide bonds. The van der Waals surface area contributed by atoms with E-state index in [1.54, 1.807) is 25.1 Å². The second-order valence-corrected chi connectivity index (χ2v) is 5.34. The molecule has 1 unspecified atom stereocenters. The number of esters is 1. The van der Waals surface area contributed by atoms with E-state index >= 15 is 0 Å². The zero-order chi connectivity index (χ0) is 14.9. The molecule has 1 aromatic rings. The summed E-state index contributed by atoms with van der Waals surface area (Å²) in [6.07, 6.45) is 0.142. The Morgan fingerprint density at radius 3 is 2.70 bits per heavy atom. The lowest BCUT2D eigenvalue weighted by atomic mass is 9.84. The van der Waals surface area contributed by atoms with Gasteiger partial charge in [0, 0.05) is 28.1 Å². The van der Waals surface area contributed by atoms with Gasteiger partial charge >= 0.3 is 5.97 Å². The summed E-state index contributed by atoms with van der Waals surface area (Å²) >= 11 is 12.1. The summed E-state index contributed by atoms with van der Waals surface area (Å²) in [6, 6.07) is 5.00. The van der Waals surface area contributed by atoms with Crippen molar-refractivity contribution in [1.29, 1.82) is 0 Å². The van der Waals surface area contributed by atoms with Gasteiger partial charge in [-0.1, -0.05) is 29.3 Å². The lowest BCUT2D eigenvalue weighted by molar-refractivity contribution is -0.136. The van der Waals surface area contributed by atoms with Gasteiger partial charge < -0.3 is 10.1 Å². The fraction of sp³-hybridized carbons (Fsp3) is 0.286. The van der Waals surface area contributed by atoms with Crippen LogP contribution in [0.4, 0.5) is 0 Å². The van der Waals surface area contributed by atoms with Crippen molar-refractivity contribution in [2.45, 2.75) is 19.3 Å². The van der Waals surface area contributed by atoms with Crippen molar-refractivity contribution in [3.63, 3.8) is 0 Å². The van der Waals surface area contributed by atoms with Gasteiger partial charge in [-0.3, -0.25) is 4.79 Å². The van der Waals surface area contributed by atoms with Gasteiger partial charge in [-0.05, 0) is 24.6 Å². The first-order valence-electron chi connectivity index (χ1n) is 5.98. The largest absolute Gasteiger partial charge is 0.466 e. The fourth-order valence-corrected chi connectivity index (χ4v) is 2.87. The molecule has 0 saturated heterocycles. The van der Waals surface area contributed by atoms with Gasteiger partial charge in [-0.25, -0.2) is 4.79 Å². The van der Waals surface area contributed by atoms with Crippen LogP contribution in [-0.2, 0) is 14.3 Å². The van der Waals surface area contributed by atoms with Crippen molar-refractivity contribution in [1.82, 2.24) is 5.32 Å². The van der Waals surface area contributed by atoms with E-state index in [4.69, 9.17) is 27.9 Å². The quantitative estimate of drug-likeness (QED) is 0.854. The van der Waals surface area contributed by atoms with Crippen LogP contribution in [0.15, 0.2) is 29.5 Å². The zero-order valence-corrected chi connectivity index (χ0v) is 12.5. The van der Waals surface area contributed by atoms with E-state index in [1.165, 1.54) is 7.11 Å². The molecule has 0 bridgehead atoms. The molecule has 1 aliphatic rings. The van der Waals surface area contributed by atoms with Gasteiger partial charge in [-0.15, -0.1) is 0 Å². The molecule has 0 saturated carbocycles. The Balaban J connectivity index is 2.54. The van der Waals surface area contributed by atoms with E-state index in [0.717, 1.165) is 0 Å². The van der Waals surface area contributed by atoms with Crippen molar-refractivity contribution >= 4 is 35.1 Å². The number of allylic oxidation sites excluding steroid dienone is 1. The molecule has 1 atom stereocenters. The van der Waals surface area contributed by atoms with Gasteiger partial charge in [0.15, 0.2) is 0 Å². The van der Waals surface area contributed by atoms with Gasteiger partial charge in [0.05, 0.1) is 12.7 Å². The Morgan fingerprint density at radius 2 is 2.10 bits per heavy atom. The van der Waals surface area contributed by atoms with Gasteiger partial charge in [0.2, 0.25) is 5.91 Å². The van der Waals surface area contributed by atoms with E-state index in [-0.39, 0.29) is 12.3 Å². The highest BCUT2D eigenvalue weighted by Crippen LogP contribution is 2.37. The normalized spacial score (nSPS) is 18.8. The molecule has 4 nitrogen and oxygen atoms in total. The third-order valence-corrected chi connectivity index (χ3v) is 3.77. The minimum atomic E-state index is -0.474. The van der Waals surface area contributed by atoms with E-state index in [1.807, 2.05) is 0 Å².